The largest absolute Gasteiger partial charge is 0.465 e. The van der Waals surface area contributed by atoms with Crippen molar-refractivity contribution in [2.45, 2.75) is 75.5 Å². The van der Waals surface area contributed by atoms with E-state index in [1.54, 1.807) is 21.6 Å². The number of ether oxygens (including phenoxy) is 1. The van der Waals surface area contributed by atoms with Gasteiger partial charge < -0.3 is 24.5 Å². The first-order valence-corrected chi connectivity index (χ1v) is 16.3. The van der Waals surface area contributed by atoms with Crippen molar-refractivity contribution in [1.29, 1.82) is 0 Å². The molecule has 2 amide bonds. The first-order chi connectivity index (χ1) is 20.1. The highest BCUT2D eigenvalue weighted by Crippen LogP contribution is 2.65. The maximum absolute atomic E-state index is 14.8. The van der Waals surface area contributed by atoms with Gasteiger partial charge >= 0.3 is 5.97 Å². The zero-order chi connectivity index (χ0) is 30.2. The van der Waals surface area contributed by atoms with Gasteiger partial charge in [0.25, 0.3) is 5.91 Å². The molecule has 6 atom stereocenters. The van der Waals surface area contributed by atoms with Crippen LogP contribution >= 0.6 is 11.8 Å². The minimum atomic E-state index is -0.983. The molecule has 0 aliphatic carbocycles. The van der Waals surface area contributed by atoms with Crippen LogP contribution in [0.1, 0.15) is 53.9 Å². The molecule has 1 N–H and O–H groups in total. The van der Waals surface area contributed by atoms with Crippen LogP contribution in [0.3, 0.4) is 0 Å². The highest BCUT2D eigenvalue weighted by Gasteiger charge is 2.74. The predicted octanol–water partition coefficient (Wildman–Crippen LogP) is 4.42. The molecule has 4 aliphatic rings. The number of fused-ring (bicyclic) bond motifs is 2. The average molecular weight is 596 g/mol. The Bertz CT molecular complexity index is 1240. The minimum Gasteiger partial charge on any atom is -0.465 e. The van der Waals surface area contributed by atoms with Crippen LogP contribution in [-0.4, -0.2) is 82.2 Å². The molecule has 228 valence electrons. The third kappa shape index (κ3) is 4.96. The Labute approximate surface area is 254 Å². The number of anilines is 2. The van der Waals surface area contributed by atoms with E-state index in [9.17, 15) is 19.5 Å². The number of carbonyl (C=O) groups excluding carboxylic acids is 3. The molecule has 0 radical (unpaired) electrons. The summed E-state index contributed by atoms with van der Waals surface area (Å²) in [6, 6.07) is 6.55. The fraction of sp³-hybridized carbons (Fsp3) is 0.606. The highest BCUT2D eigenvalue weighted by atomic mass is 32.2. The Morgan fingerprint density at radius 2 is 1.74 bits per heavy atom. The lowest BCUT2D eigenvalue weighted by molar-refractivity contribution is -0.155. The van der Waals surface area contributed by atoms with E-state index in [1.165, 1.54) is 0 Å². The maximum Gasteiger partial charge on any atom is 0.311 e. The SMILES string of the molecule is CCN(CC)c1ccc(N2CC=C[C@]34S[C@@]5(C)/C=C\CCCCOC(=O)[C@H]5[C@H]3C(=O)N([C@@H](CO)C(C)C)C4C2=O)cc1. The molecule has 2 saturated heterocycles. The molecule has 4 heterocycles. The summed E-state index contributed by atoms with van der Waals surface area (Å²) < 4.78 is 4.06. The third-order valence-corrected chi connectivity index (χ3v) is 11.3. The number of allylic oxidation sites excluding steroid dienone is 1. The lowest BCUT2D eigenvalue weighted by Gasteiger charge is -2.41. The topological polar surface area (TPSA) is 90.4 Å². The van der Waals surface area contributed by atoms with Gasteiger partial charge in [0.15, 0.2) is 0 Å². The first kappa shape index (κ1) is 30.7. The molecule has 9 heteroatoms. The van der Waals surface area contributed by atoms with Crippen molar-refractivity contribution in [3.8, 4) is 0 Å². The van der Waals surface area contributed by atoms with Crippen molar-refractivity contribution >= 4 is 40.9 Å². The molecule has 0 aromatic heterocycles. The molecular weight excluding hydrogens is 550 g/mol. The molecule has 1 spiro atoms. The lowest BCUT2D eigenvalue weighted by Crippen LogP contribution is -2.58. The van der Waals surface area contributed by atoms with Crippen LogP contribution in [-0.2, 0) is 19.1 Å². The molecule has 1 unspecified atom stereocenters. The Morgan fingerprint density at radius 3 is 2.38 bits per heavy atom. The number of aliphatic hydroxyl groups is 1. The second kappa shape index (κ2) is 12.1. The Hall–Kier alpha value is -2.78. The molecule has 5 rings (SSSR count). The Morgan fingerprint density at radius 1 is 1.02 bits per heavy atom. The number of likely N-dealkylation sites (tertiary alicyclic amines) is 1. The summed E-state index contributed by atoms with van der Waals surface area (Å²) in [6.07, 6.45) is 10.7. The quantitative estimate of drug-likeness (QED) is 0.369. The molecule has 0 saturated carbocycles. The Balaban J connectivity index is 1.62. The first-order valence-electron chi connectivity index (χ1n) is 15.4. The summed E-state index contributed by atoms with van der Waals surface area (Å²) >= 11 is 1.54. The predicted molar refractivity (Wildman–Crippen MR) is 167 cm³/mol. The number of hydrogen-bond acceptors (Lipinski definition) is 7. The zero-order valence-corrected chi connectivity index (χ0v) is 26.3. The van der Waals surface area contributed by atoms with Crippen LogP contribution in [0.5, 0.6) is 0 Å². The molecule has 2 fully saturated rings. The molecule has 4 aliphatic heterocycles. The van der Waals surface area contributed by atoms with Crippen molar-refractivity contribution < 1.29 is 24.2 Å². The number of rotatable bonds is 7. The van der Waals surface area contributed by atoms with Crippen molar-refractivity contribution in [2.24, 2.45) is 17.8 Å². The normalized spacial score (nSPS) is 32.6. The number of carbonyl (C=O) groups is 3. The van der Waals surface area contributed by atoms with Crippen LogP contribution in [0.2, 0.25) is 0 Å². The molecule has 8 nitrogen and oxygen atoms in total. The van der Waals surface area contributed by atoms with Gasteiger partial charge in [-0.1, -0.05) is 38.2 Å². The van der Waals surface area contributed by atoms with Crippen LogP contribution in [0.15, 0.2) is 48.6 Å². The number of nitrogens with zero attached hydrogens (tertiary/aromatic N) is 3. The van der Waals surface area contributed by atoms with Gasteiger partial charge in [-0.15, -0.1) is 11.8 Å². The average Bonchev–Trinajstić information content (AvgIpc) is 3.29. The van der Waals surface area contributed by atoms with E-state index < -0.39 is 33.4 Å². The third-order valence-electron chi connectivity index (χ3n) is 9.54. The second-order valence-corrected chi connectivity index (χ2v) is 14.1. The number of esters is 1. The number of hydrogen-bond donors (Lipinski definition) is 1. The van der Waals surface area contributed by atoms with Crippen LogP contribution in [0.25, 0.3) is 0 Å². The van der Waals surface area contributed by atoms with E-state index in [4.69, 9.17) is 4.74 Å². The summed E-state index contributed by atoms with van der Waals surface area (Å²) in [7, 11) is 0. The summed E-state index contributed by atoms with van der Waals surface area (Å²) in [6.45, 7) is 12.3. The molecule has 42 heavy (non-hydrogen) atoms. The standard InChI is InChI=1S/C33H45N3O5S/c1-6-34(7-2)23-13-15-24(16-14-23)35-19-12-18-33-26(29(38)36(28(33)30(35)39)25(21-37)22(3)4)27-31(40)41-20-11-9-8-10-17-32(27,5)42-33/h10,12-18,22,25-28,37H,6-9,11,19-21H2,1-5H3/b17-10-/t25-,26-,27+,28?,32-,33-/m0/s1. The van der Waals surface area contributed by atoms with Gasteiger partial charge in [-0.3, -0.25) is 14.4 Å². The van der Waals surface area contributed by atoms with Crippen LogP contribution < -0.4 is 9.80 Å². The summed E-state index contributed by atoms with van der Waals surface area (Å²) in [4.78, 5) is 48.7. The zero-order valence-electron chi connectivity index (χ0n) is 25.5. The van der Waals surface area contributed by atoms with Crippen molar-refractivity contribution in [3.63, 3.8) is 0 Å². The number of amides is 2. The lowest BCUT2D eigenvalue weighted by atomic mass is 9.74. The van der Waals surface area contributed by atoms with Gasteiger partial charge in [0.2, 0.25) is 5.91 Å². The van der Waals surface area contributed by atoms with Crippen LogP contribution in [0.4, 0.5) is 11.4 Å². The van der Waals surface area contributed by atoms with E-state index in [2.05, 4.69) is 30.9 Å². The maximum atomic E-state index is 14.8. The summed E-state index contributed by atoms with van der Waals surface area (Å²) in [5.41, 5.74) is 1.84. The van der Waals surface area contributed by atoms with E-state index in [-0.39, 0.29) is 30.3 Å². The van der Waals surface area contributed by atoms with Gasteiger partial charge in [-0.2, -0.15) is 0 Å². The number of benzene rings is 1. The number of cyclic esters (lactones) is 1. The molecule has 1 aromatic carbocycles. The number of aliphatic hydroxyl groups excluding tert-OH is 1. The summed E-state index contributed by atoms with van der Waals surface area (Å²) in [5, 5.41) is 10.5. The van der Waals surface area contributed by atoms with E-state index in [0.717, 1.165) is 43.7 Å². The van der Waals surface area contributed by atoms with Gasteiger partial charge in [-0.25, -0.2) is 0 Å². The molecule has 0 bridgehead atoms. The van der Waals surface area contributed by atoms with Crippen molar-refractivity contribution in [3.05, 3.63) is 48.6 Å². The van der Waals surface area contributed by atoms with Gasteiger partial charge in [-0.05, 0) is 70.2 Å². The fourth-order valence-corrected chi connectivity index (χ4v) is 9.52. The fourth-order valence-electron chi connectivity index (χ4n) is 7.38. The van der Waals surface area contributed by atoms with Gasteiger partial charge in [0, 0.05) is 35.8 Å². The highest BCUT2D eigenvalue weighted by molar-refractivity contribution is 8.02. The second-order valence-electron chi connectivity index (χ2n) is 12.3. The number of thioether (sulfide) groups is 1. The van der Waals surface area contributed by atoms with Crippen molar-refractivity contribution in [1.82, 2.24) is 4.90 Å². The van der Waals surface area contributed by atoms with Gasteiger partial charge in [0.05, 0.1) is 35.8 Å². The van der Waals surface area contributed by atoms with Crippen LogP contribution in [0, 0.1) is 17.8 Å². The van der Waals surface area contributed by atoms with E-state index in [1.807, 2.05) is 57.2 Å². The monoisotopic (exact) mass is 595 g/mol. The van der Waals surface area contributed by atoms with E-state index in [0.29, 0.717) is 13.2 Å². The molecule has 1 aromatic rings. The Kier molecular flexibility index (Phi) is 8.82. The van der Waals surface area contributed by atoms with E-state index >= 15 is 0 Å². The minimum absolute atomic E-state index is 0.0936. The smallest absolute Gasteiger partial charge is 0.311 e. The van der Waals surface area contributed by atoms with Gasteiger partial charge in [0.1, 0.15) is 6.04 Å². The van der Waals surface area contributed by atoms with Crippen molar-refractivity contribution in [2.75, 3.05) is 42.6 Å². The molecular formula is C33H45N3O5S. The summed E-state index contributed by atoms with van der Waals surface area (Å²) in [5.74, 6) is -2.46.